The molecule has 0 unspecified atom stereocenters. The van der Waals surface area contributed by atoms with Crippen molar-refractivity contribution in [2.24, 2.45) is 0 Å². The summed E-state index contributed by atoms with van der Waals surface area (Å²) in [4.78, 5) is 11.5. The van der Waals surface area contributed by atoms with E-state index in [0.29, 0.717) is 11.4 Å². The minimum Gasteiger partial charge on any atom is -0.307 e. The van der Waals surface area contributed by atoms with Crippen molar-refractivity contribution in [3.8, 4) is 6.07 Å². The molecule has 0 aliphatic carbocycles. The fourth-order valence-corrected chi connectivity index (χ4v) is 1.34. The van der Waals surface area contributed by atoms with Crippen molar-refractivity contribution in [3.05, 3.63) is 53.7 Å². The topological polar surface area (TPSA) is 81.6 Å². The molecule has 0 radical (unpaired) electrons. The van der Waals surface area contributed by atoms with Crippen LogP contribution in [0.15, 0.2) is 42.6 Å². The van der Waals surface area contributed by atoms with Crippen molar-refractivity contribution >= 4 is 17.8 Å². The maximum Gasteiger partial charge on any atom is 0.249 e. The molecule has 0 saturated carbocycles. The van der Waals surface area contributed by atoms with E-state index in [4.69, 9.17) is 5.26 Å². The van der Waals surface area contributed by atoms with Gasteiger partial charge in [0.2, 0.25) is 5.91 Å². The molecule has 0 saturated heterocycles. The summed E-state index contributed by atoms with van der Waals surface area (Å²) in [5, 5.41) is 17.6. The molecular formula is C13H10N4O. The zero-order valence-electron chi connectivity index (χ0n) is 9.42. The van der Waals surface area contributed by atoms with E-state index in [0.717, 1.165) is 5.56 Å². The molecule has 0 bridgehead atoms. The molecule has 1 aromatic carbocycles. The van der Waals surface area contributed by atoms with Crippen molar-refractivity contribution in [1.82, 2.24) is 10.2 Å². The number of benzene rings is 1. The molecule has 1 amide bonds. The van der Waals surface area contributed by atoms with Gasteiger partial charge in [0.15, 0.2) is 0 Å². The van der Waals surface area contributed by atoms with Gasteiger partial charge in [0, 0.05) is 12.1 Å². The summed E-state index contributed by atoms with van der Waals surface area (Å²) in [6.07, 6.45) is 4.65. The molecule has 0 spiro atoms. The number of nitriles is 1. The summed E-state index contributed by atoms with van der Waals surface area (Å²) in [5.41, 5.74) is 1.45. The quantitative estimate of drug-likeness (QED) is 0.801. The van der Waals surface area contributed by atoms with Gasteiger partial charge in [-0.3, -0.25) is 9.89 Å². The van der Waals surface area contributed by atoms with Gasteiger partial charge in [0.1, 0.15) is 5.82 Å². The Balaban J connectivity index is 1.97. The number of hydrogen-bond donors (Lipinski definition) is 2. The fourth-order valence-electron chi connectivity index (χ4n) is 1.34. The van der Waals surface area contributed by atoms with Gasteiger partial charge in [-0.15, -0.1) is 0 Å². The van der Waals surface area contributed by atoms with Crippen molar-refractivity contribution in [3.63, 3.8) is 0 Å². The minimum atomic E-state index is -0.247. The molecule has 2 aromatic rings. The molecule has 0 aliphatic heterocycles. The van der Waals surface area contributed by atoms with Crippen molar-refractivity contribution in [2.45, 2.75) is 0 Å². The van der Waals surface area contributed by atoms with Crippen LogP contribution in [0.25, 0.3) is 6.08 Å². The Morgan fingerprint density at radius 2 is 2.11 bits per heavy atom. The van der Waals surface area contributed by atoms with E-state index in [9.17, 15) is 4.79 Å². The van der Waals surface area contributed by atoms with Crippen LogP contribution in [0, 0.1) is 11.3 Å². The molecule has 0 atom stereocenters. The smallest absolute Gasteiger partial charge is 0.249 e. The van der Waals surface area contributed by atoms with Crippen molar-refractivity contribution in [2.75, 3.05) is 5.32 Å². The standard InChI is InChI=1S/C13H10N4O/c14-9-11-3-1-10(2-4-11)5-6-13(18)16-12-7-8-15-17-12/h1-8H,(H2,15,16,17,18). The van der Waals surface area contributed by atoms with Crippen LogP contribution in [-0.2, 0) is 4.79 Å². The van der Waals surface area contributed by atoms with Crippen molar-refractivity contribution in [1.29, 1.82) is 5.26 Å². The zero-order valence-corrected chi connectivity index (χ0v) is 9.42. The molecule has 1 aromatic heterocycles. The van der Waals surface area contributed by atoms with Gasteiger partial charge in [-0.2, -0.15) is 10.4 Å². The van der Waals surface area contributed by atoms with Gasteiger partial charge in [-0.25, -0.2) is 0 Å². The number of anilines is 1. The van der Waals surface area contributed by atoms with Gasteiger partial charge in [0.05, 0.1) is 17.8 Å². The molecule has 88 valence electrons. The Labute approximate surface area is 104 Å². The van der Waals surface area contributed by atoms with Crippen LogP contribution in [0.4, 0.5) is 5.82 Å². The van der Waals surface area contributed by atoms with Gasteiger partial charge in [-0.05, 0) is 23.8 Å². The Hall–Kier alpha value is -2.87. The average molecular weight is 238 g/mol. The second-order valence-electron chi connectivity index (χ2n) is 3.53. The van der Waals surface area contributed by atoms with Gasteiger partial charge >= 0.3 is 0 Å². The van der Waals surface area contributed by atoms with Crippen LogP contribution in [0.3, 0.4) is 0 Å². The number of H-pyrrole nitrogens is 1. The van der Waals surface area contributed by atoms with E-state index in [-0.39, 0.29) is 5.91 Å². The van der Waals surface area contributed by atoms with Gasteiger partial charge < -0.3 is 5.32 Å². The Kier molecular flexibility index (Phi) is 3.52. The van der Waals surface area contributed by atoms with Crippen LogP contribution >= 0.6 is 0 Å². The number of rotatable bonds is 3. The summed E-state index contributed by atoms with van der Waals surface area (Å²) in [6, 6.07) is 10.6. The molecule has 1 heterocycles. The molecule has 0 fully saturated rings. The van der Waals surface area contributed by atoms with Crippen LogP contribution in [-0.4, -0.2) is 16.1 Å². The largest absolute Gasteiger partial charge is 0.307 e. The first-order chi connectivity index (χ1) is 8.78. The number of carbonyl (C=O) groups excluding carboxylic acids is 1. The molecule has 18 heavy (non-hydrogen) atoms. The Morgan fingerprint density at radius 3 is 2.72 bits per heavy atom. The Bertz CT molecular complexity index is 591. The van der Waals surface area contributed by atoms with Gasteiger partial charge in [0.25, 0.3) is 0 Å². The van der Waals surface area contributed by atoms with Crippen LogP contribution in [0.5, 0.6) is 0 Å². The molecule has 2 N–H and O–H groups in total. The van der Waals surface area contributed by atoms with E-state index in [1.165, 1.54) is 6.08 Å². The molecular weight excluding hydrogens is 228 g/mol. The number of hydrogen-bond acceptors (Lipinski definition) is 3. The molecule has 5 nitrogen and oxygen atoms in total. The number of nitrogens with zero attached hydrogens (tertiary/aromatic N) is 2. The summed E-state index contributed by atoms with van der Waals surface area (Å²) < 4.78 is 0. The predicted molar refractivity (Wildman–Crippen MR) is 67.4 cm³/mol. The van der Waals surface area contributed by atoms with Crippen LogP contribution < -0.4 is 5.32 Å². The third kappa shape index (κ3) is 3.06. The normalized spacial score (nSPS) is 10.2. The highest BCUT2D eigenvalue weighted by molar-refractivity contribution is 6.01. The van der Waals surface area contributed by atoms with E-state index < -0.39 is 0 Å². The van der Waals surface area contributed by atoms with E-state index >= 15 is 0 Å². The SMILES string of the molecule is N#Cc1ccc(C=CC(=O)Nc2ccn[nH]2)cc1. The first-order valence-corrected chi connectivity index (χ1v) is 5.26. The number of nitrogens with one attached hydrogen (secondary N) is 2. The maximum absolute atomic E-state index is 11.5. The second-order valence-corrected chi connectivity index (χ2v) is 3.53. The number of aromatic amines is 1. The monoisotopic (exact) mass is 238 g/mol. The van der Waals surface area contributed by atoms with Gasteiger partial charge in [-0.1, -0.05) is 12.1 Å². The lowest BCUT2D eigenvalue weighted by Gasteiger charge is -1.96. The summed E-state index contributed by atoms with van der Waals surface area (Å²) >= 11 is 0. The first-order valence-electron chi connectivity index (χ1n) is 5.26. The lowest BCUT2D eigenvalue weighted by atomic mass is 10.1. The number of carbonyl (C=O) groups is 1. The lowest BCUT2D eigenvalue weighted by molar-refractivity contribution is -0.111. The number of amides is 1. The molecule has 2 rings (SSSR count). The summed E-state index contributed by atoms with van der Waals surface area (Å²) in [7, 11) is 0. The van der Waals surface area contributed by atoms with E-state index in [1.54, 1.807) is 42.6 Å². The zero-order chi connectivity index (χ0) is 12.8. The van der Waals surface area contributed by atoms with E-state index in [1.807, 2.05) is 6.07 Å². The second kappa shape index (κ2) is 5.46. The highest BCUT2D eigenvalue weighted by Gasteiger charge is 1.97. The Morgan fingerprint density at radius 1 is 1.33 bits per heavy atom. The summed E-state index contributed by atoms with van der Waals surface area (Å²) in [6.45, 7) is 0. The average Bonchev–Trinajstić information content (AvgIpc) is 2.90. The predicted octanol–water partition coefficient (Wildman–Crippen LogP) is 1.93. The minimum absolute atomic E-state index is 0.247. The van der Waals surface area contributed by atoms with E-state index in [2.05, 4.69) is 15.5 Å². The van der Waals surface area contributed by atoms with Crippen LogP contribution in [0.2, 0.25) is 0 Å². The molecule has 0 aliphatic rings. The lowest BCUT2D eigenvalue weighted by Crippen LogP contribution is -2.07. The maximum atomic E-state index is 11.5. The van der Waals surface area contributed by atoms with Crippen molar-refractivity contribution < 1.29 is 4.79 Å². The third-order valence-electron chi connectivity index (χ3n) is 2.23. The first kappa shape index (κ1) is 11.6. The number of aromatic nitrogens is 2. The third-order valence-corrected chi connectivity index (χ3v) is 2.23. The van der Waals surface area contributed by atoms with Crippen LogP contribution in [0.1, 0.15) is 11.1 Å². The highest BCUT2D eigenvalue weighted by atomic mass is 16.1. The fraction of sp³-hybridized carbons (Fsp3) is 0. The highest BCUT2D eigenvalue weighted by Crippen LogP contribution is 2.05. The summed E-state index contributed by atoms with van der Waals surface area (Å²) in [5.74, 6) is 0.299. The molecule has 5 heteroatoms.